The Balaban J connectivity index is 1.63. The predicted molar refractivity (Wildman–Crippen MR) is 82.3 cm³/mol. The lowest BCUT2D eigenvalue weighted by Crippen LogP contribution is -2.53. The lowest BCUT2D eigenvalue weighted by Gasteiger charge is -2.44. The molecule has 1 aromatic rings. The van der Waals surface area contributed by atoms with Crippen LogP contribution < -0.4 is 10.6 Å². The van der Waals surface area contributed by atoms with Crippen LogP contribution in [0.5, 0.6) is 0 Å². The molecule has 6 heteroatoms. The first-order valence-electron chi connectivity index (χ1n) is 8.13. The fourth-order valence-corrected chi connectivity index (χ4v) is 4.41. The first-order valence-corrected chi connectivity index (χ1v) is 8.13. The van der Waals surface area contributed by atoms with E-state index in [2.05, 4.69) is 0 Å². The molecule has 1 amide bonds. The number of nitrogens with two attached hydrogens (primary N) is 1. The van der Waals surface area contributed by atoms with Gasteiger partial charge >= 0.3 is 0 Å². The Morgan fingerprint density at radius 1 is 1.26 bits per heavy atom. The van der Waals surface area contributed by atoms with Crippen molar-refractivity contribution in [3.05, 3.63) is 30.1 Å². The number of hydrogen-bond acceptors (Lipinski definition) is 4. The summed E-state index contributed by atoms with van der Waals surface area (Å²) in [6, 6.07) is 6.04. The van der Waals surface area contributed by atoms with E-state index in [4.69, 9.17) is 15.2 Å². The van der Waals surface area contributed by atoms with Crippen LogP contribution in [0.3, 0.4) is 0 Å². The Hall–Kier alpha value is -1.50. The molecular weight excluding hydrogens is 299 g/mol. The normalized spacial score (nSPS) is 33.0. The van der Waals surface area contributed by atoms with Crippen LogP contribution >= 0.6 is 0 Å². The van der Waals surface area contributed by atoms with Gasteiger partial charge in [0, 0.05) is 31.1 Å². The highest BCUT2D eigenvalue weighted by Crippen LogP contribution is 2.51. The van der Waals surface area contributed by atoms with Crippen LogP contribution in [0.4, 0.5) is 10.1 Å². The summed E-state index contributed by atoms with van der Waals surface area (Å²) in [5.74, 6) is -1.04. The number of carbonyl (C=O) groups excluding carboxylic acids is 1. The van der Waals surface area contributed by atoms with Crippen LogP contribution in [-0.2, 0) is 14.3 Å². The molecule has 124 valence electrons. The molecule has 5 nitrogen and oxygen atoms in total. The van der Waals surface area contributed by atoms with Gasteiger partial charge in [0.15, 0.2) is 5.79 Å². The molecule has 0 bridgehead atoms. The van der Waals surface area contributed by atoms with Crippen LogP contribution in [-0.4, -0.2) is 37.5 Å². The van der Waals surface area contributed by atoms with E-state index >= 15 is 0 Å². The lowest BCUT2D eigenvalue weighted by atomic mass is 9.68. The number of anilines is 1. The van der Waals surface area contributed by atoms with Gasteiger partial charge in [-0.05, 0) is 31.0 Å². The second-order valence-corrected chi connectivity index (χ2v) is 6.92. The van der Waals surface area contributed by atoms with Crippen LogP contribution in [0.1, 0.15) is 25.7 Å². The van der Waals surface area contributed by atoms with E-state index in [0.717, 1.165) is 0 Å². The summed E-state index contributed by atoms with van der Waals surface area (Å²) >= 11 is 0. The van der Waals surface area contributed by atoms with Crippen LogP contribution in [0.2, 0.25) is 0 Å². The fourth-order valence-electron chi connectivity index (χ4n) is 4.41. The number of rotatable bonds is 1. The minimum atomic E-state index is -0.717. The second kappa shape index (κ2) is 5.26. The zero-order chi connectivity index (χ0) is 16.1. The Morgan fingerprint density at radius 3 is 2.78 bits per heavy atom. The van der Waals surface area contributed by atoms with Gasteiger partial charge in [-0.2, -0.15) is 0 Å². The van der Waals surface area contributed by atoms with Crippen molar-refractivity contribution in [3.8, 4) is 0 Å². The van der Waals surface area contributed by atoms with Gasteiger partial charge in [-0.3, -0.25) is 4.79 Å². The minimum Gasteiger partial charge on any atom is -0.347 e. The second-order valence-electron chi connectivity index (χ2n) is 6.92. The summed E-state index contributed by atoms with van der Waals surface area (Å²) in [5, 5.41) is 0. The molecular formula is C17H21FN2O3. The Morgan fingerprint density at radius 2 is 2.04 bits per heavy atom. The van der Waals surface area contributed by atoms with E-state index in [0.29, 0.717) is 51.1 Å². The van der Waals surface area contributed by atoms with Crippen LogP contribution in [0, 0.1) is 11.2 Å². The topological polar surface area (TPSA) is 64.8 Å². The minimum absolute atomic E-state index is 0.0109. The zero-order valence-electron chi connectivity index (χ0n) is 13.0. The van der Waals surface area contributed by atoms with Crippen molar-refractivity contribution in [2.24, 2.45) is 11.1 Å². The third-order valence-corrected chi connectivity index (χ3v) is 5.28. The quantitative estimate of drug-likeness (QED) is 0.857. The average Bonchev–Trinajstić information content (AvgIpc) is 3.05. The van der Waals surface area contributed by atoms with Crippen molar-refractivity contribution in [1.29, 1.82) is 0 Å². The summed E-state index contributed by atoms with van der Waals surface area (Å²) in [6.07, 6.45) is 2.50. The zero-order valence-corrected chi connectivity index (χ0v) is 13.0. The first-order chi connectivity index (χ1) is 11.0. The van der Waals surface area contributed by atoms with Gasteiger partial charge in [0.25, 0.3) is 0 Å². The molecule has 4 rings (SSSR count). The van der Waals surface area contributed by atoms with Crippen molar-refractivity contribution >= 4 is 11.6 Å². The Labute approximate surface area is 134 Å². The smallest absolute Gasteiger partial charge is 0.233 e. The Kier molecular flexibility index (Phi) is 3.44. The molecule has 3 fully saturated rings. The Bertz CT molecular complexity index is 632. The molecule has 2 spiro atoms. The molecule has 2 heterocycles. The maximum absolute atomic E-state index is 13.5. The largest absolute Gasteiger partial charge is 0.347 e. The van der Waals surface area contributed by atoms with E-state index in [1.54, 1.807) is 17.0 Å². The van der Waals surface area contributed by atoms with Crippen molar-refractivity contribution in [2.75, 3.05) is 24.7 Å². The third kappa shape index (κ3) is 2.45. The number of carbonyl (C=O) groups is 1. The predicted octanol–water partition coefficient (Wildman–Crippen LogP) is 1.80. The van der Waals surface area contributed by atoms with Crippen molar-refractivity contribution in [2.45, 2.75) is 37.5 Å². The summed E-state index contributed by atoms with van der Waals surface area (Å²) in [7, 11) is 0. The number of halogens is 1. The highest BCUT2D eigenvalue weighted by Gasteiger charge is 2.57. The SMILES string of the molecule is N[C@@H]1CC2(C[C@@]3(CCN(c4cccc(F)c4)C3=O)C1)OCCO2. The number of nitrogens with zero attached hydrogens (tertiary/aromatic N) is 1. The molecule has 1 aromatic carbocycles. The number of benzene rings is 1. The van der Waals surface area contributed by atoms with Gasteiger partial charge in [0.05, 0.1) is 18.6 Å². The van der Waals surface area contributed by atoms with Crippen LogP contribution in [0.25, 0.3) is 0 Å². The molecule has 1 saturated carbocycles. The molecule has 3 aliphatic rings. The summed E-state index contributed by atoms with van der Waals surface area (Å²) in [6.45, 7) is 1.67. The molecule has 0 radical (unpaired) electrons. The summed E-state index contributed by atoms with van der Waals surface area (Å²) in [4.78, 5) is 14.8. The standard InChI is InChI=1S/C17H21FN2O3/c18-12-2-1-3-14(8-12)20-5-4-16(15(20)21)9-13(19)10-17(11-16)22-6-7-23-17/h1-3,8,13H,4-7,9-11,19H2/t13-,16+/m0/s1. The maximum Gasteiger partial charge on any atom is 0.233 e. The molecule has 2 atom stereocenters. The van der Waals surface area contributed by atoms with Crippen molar-refractivity contribution < 1.29 is 18.7 Å². The lowest BCUT2D eigenvalue weighted by molar-refractivity contribution is -0.204. The first kappa shape index (κ1) is 15.1. The van der Waals surface area contributed by atoms with Gasteiger partial charge in [-0.15, -0.1) is 0 Å². The third-order valence-electron chi connectivity index (χ3n) is 5.28. The highest BCUT2D eigenvalue weighted by atomic mass is 19.1. The number of amides is 1. The van der Waals surface area contributed by atoms with E-state index in [9.17, 15) is 9.18 Å². The molecule has 2 aliphatic heterocycles. The van der Waals surface area contributed by atoms with Gasteiger partial charge in [0.2, 0.25) is 5.91 Å². The molecule has 0 unspecified atom stereocenters. The van der Waals surface area contributed by atoms with Gasteiger partial charge in [-0.1, -0.05) is 6.07 Å². The fraction of sp³-hybridized carbons (Fsp3) is 0.588. The molecule has 1 aliphatic carbocycles. The molecule has 2 saturated heterocycles. The van der Waals surface area contributed by atoms with Crippen molar-refractivity contribution in [1.82, 2.24) is 0 Å². The van der Waals surface area contributed by atoms with E-state index in [-0.39, 0.29) is 17.8 Å². The maximum atomic E-state index is 13.5. The van der Waals surface area contributed by atoms with E-state index in [1.165, 1.54) is 12.1 Å². The highest BCUT2D eigenvalue weighted by molar-refractivity contribution is 6.00. The van der Waals surface area contributed by atoms with Crippen molar-refractivity contribution in [3.63, 3.8) is 0 Å². The van der Waals surface area contributed by atoms with Gasteiger partial charge < -0.3 is 20.1 Å². The van der Waals surface area contributed by atoms with Crippen LogP contribution in [0.15, 0.2) is 24.3 Å². The van der Waals surface area contributed by atoms with E-state index in [1.807, 2.05) is 0 Å². The number of ether oxygens (including phenoxy) is 2. The molecule has 23 heavy (non-hydrogen) atoms. The number of hydrogen-bond donors (Lipinski definition) is 1. The van der Waals surface area contributed by atoms with E-state index < -0.39 is 11.2 Å². The summed E-state index contributed by atoms with van der Waals surface area (Å²) in [5.41, 5.74) is 6.27. The molecule has 0 aromatic heterocycles. The molecule has 2 N–H and O–H groups in total. The summed E-state index contributed by atoms with van der Waals surface area (Å²) < 4.78 is 25.1. The van der Waals surface area contributed by atoms with Gasteiger partial charge in [0.1, 0.15) is 5.82 Å². The average molecular weight is 320 g/mol. The van der Waals surface area contributed by atoms with Gasteiger partial charge in [-0.25, -0.2) is 4.39 Å². The monoisotopic (exact) mass is 320 g/mol.